The average molecular weight is 904 g/mol. The summed E-state index contributed by atoms with van der Waals surface area (Å²) in [5.41, 5.74) is 1.26. The molecule has 0 N–H and O–H groups in total. The fourth-order valence-corrected chi connectivity index (χ4v) is 28.5. The van der Waals surface area contributed by atoms with Crippen LogP contribution in [-0.2, 0) is 54.6 Å². The first-order valence-electron chi connectivity index (χ1n) is 16.7. The Balaban J connectivity index is -0.000000381. The van der Waals surface area contributed by atoms with Gasteiger partial charge in [-0.2, -0.15) is 0 Å². The van der Waals surface area contributed by atoms with Gasteiger partial charge in [-0.15, -0.1) is 0 Å². The summed E-state index contributed by atoms with van der Waals surface area (Å²) < 4.78 is 49.9. The third-order valence-electron chi connectivity index (χ3n) is 7.46. The molecule has 16 heteroatoms. The summed E-state index contributed by atoms with van der Waals surface area (Å²) in [6.45, 7) is 31.2. The third kappa shape index (κ3) is 28.9. The van der Waals surface area contributed by atoms with Crippen LogP contribution in [-0.4, -0.2) is 84.0 Å². The Bertz CT molecular complexity index is 1210. The Labute approximate surface area is 363 Å². The third-order valence-corrected chi connectivity index (χ3v) is 26.3. The van der Waals surface area contributed by atoms with Crippen molar-refractivity contribution in [1.82, 2.24) is 0 Å². The zero-order valence-electron chi connectivity index (χ0n) is 31.1. The second kappa shape index (κ2) is 34.3. The highest BCUT2D eigenvalue weighted by Crippen LogP contribution is 2.39. The molecule has 12 nitrogen and oxygen atoms in total. The van der Waals surface area contributed by atoms with Crippen molar-refractivity contribution in [3.8, 4) is 0 Å². The number of ether oxygens (including phenoxy) is 4. The molecule has 1 rings (SSSR count). The fraction of sp³-hybridized carbons (Fsp3) is 0.714. The first kappa shape index (κ1) is 76.3. The number of esters is 4. The first-order valence-corrected chi connectivity index (χ1v) is 26.8. The van der Waals surface area contributed by atoms with Crippen LogP contribution in [0.5, 0.6) is 0 Å². The van der Waals surface area contributed by atoms with Gasteiger partial charge in [0.15, 0.2) is 0 Å². The number of rotatable bonds is 20. The largest absolute Gasteiger partial charge is 0.462 e. The first-order chi connectivity index (χ1) is 22.5. The molecule has 1 saturated heterocycles. The summed E-state index contributed by atoms with van der Waals surface area (Å²) in [6.07, 6.45) is 1.53. The molecule has 350 valence electrons. The maximum atomic E-state index is 12.2. The Morgan fingerprint density at radius 1 is 0.448 bits per heavy atom. The van der Waals surface area contributed by atoms with Crippen molar-refractivity contribution in [2.75, 3.05) is 19.8 Å². The van der Waals surface area contributed by atoms with E-state index >= 15 is 0 Å². The van der Waals surface area contributed by atoms with E-state index in [2.05, 4.69) is 26.3 Å². The summed E-state index contributed by atoms with van der Waals surface area (Å²) in [5.74, 6) is -1.85. The highest BCUT2D eigenvalue weighted by atomic mass is 28.5. The molecule has 0 aromatic heterocycles. The molecule has 0 aliphatic carbocycles. The van der Waals surface area contributed by atoms with Crippen LogP contribution in [0.25, 0.3) is 0 Å². The lowest BCUT2D eigenvalue weighted by Gasteiger charge is -2.50. The number of hydrogen-bond acceptors (Lipinski definition) is 12. The molecule has 0 aromatic rings. The van der Waals surface area contributed by atoms with Gasteiger partial charge in [-0.3, -0.25) is 0 Å². The molecule has 0 radical (unpaired) electrons. The van der Waals surface area contributed by atoms with Gasteiger partial charge in [0.25, 0.3) is 0 Å². The SMILES string of the molecule is C.C.C.C.C.C.C.C.C.C=C(C)C(=O)OCCC[Si]1(C)O[Si](C)(CCCOC(=O)C(=C)C)O[Si](C)(CCC(C)OC(=O)C(=C)C)O[Si](C)(CCCOC(=O)C(=C)C)O1. The second-order valence-electron chi connectivity index (χ2n) is 13.5. The molecule has 1 fully saturated rings. The monoisotopic (exact) mass is 903 g/mol. The van der Waals surface area contributed by atoms with E-state index in [4.69, 9.17) is 35.4 Å². The maximum Gasteiger partial charge on any atom is 0.333 e. The molecule has 3 atom stereocenters. The molecule has 58 heavy (non-hydrogen) atoms. The lowest BCUT2D eigenvalue weighted by Crippen LogP contribution is -2.67. The number of carbonyl (C=O) groups is 4. The van der Waals surface area contributed by atoms with Crippen LogP contribution < -0.4 is 0 Å². The molecule has 1 heterocycles. The van der Waals surface area contributed by atoms with Gasteiger partial charge in [0, 0.05) is 22.3 Å². The van der Waals surface area contributed by atoms with Crippen LogP contribution in [0, 0.1) is 0 Å². The predicted octanol–water partition coefficient (Wildman–Crippen LogP) is 12.5. The molecule has 0 amide bonds. The molecule has 1 aliphatic heterocycles. The van der Waals surface area contributed by atoms with Gasteiger partial charge in [-0.1, -0.05) is 93.2 Å². The second-order valence-corrected chi connectivity index (χ2v) is 27.9. The van der Waals surface area contributed by atoms with E-state index in [-0.39, 0.29) is 86.7 Å². The van der Waals surface area contributed by atoms with Gasteiger partial charge in [-0.05, 0) is 111 Å². The van der Waals surface area contributed by atoms with Gasteiger partial charge in [0.05, 0.1) is 25.9 Å². The summed E-state index contributed by atoms with van der Waals surface area (Å²) in [4.78, 5) is 48.3. The van der Waals surface area contributed by atoms with E-state index < -0.39 is 64.2 Å². The van der Waals surface area contributed by atoms with Crippen molar-refractivity contribution in [1.29, 1.82) is 0 Å². The van der Waals surface area contributed by atoms with Crippen LogP contribution in [0.3, 0.4) is 0 Å². The van der Waals surface area contributed by atoms with Crippen molar-refractivity contribution in [2.45, 2.75) is 184 Å². The van der Waals surface area contributed by atoms with Gasteiger partial charge in [0.2, 0.25) is 0 Å². The van der Waals surface area contributed by atoms with Crippen molar-refractivity contribution in [3.63, 3.8) is 0 Å². The van der Waals surface area contributed by atoms with Gasteiger partial charge in [-0.25, -0.2) is 19.2 Å². The number of hydrogen-bond donors (Lipinski definition) is 0. The molecule has 0 aromatic carbocycles. The Kier molecular flexibility index (Phi) is 45.1. The number of carbonyl (C=O) groups excluding carboxylic acids is 4. The van der Waals surface area contributed by atoms with Gasteiger partial charge in [0.1, 0.15) is 0 Å². The molecular weight excluding hydrogens is 809 g/mol. The fourth-order valence-electron chi connectivity index (χ4n) is 5.17. The molecule has 0 spiro atoms. The van der Waals surface area contributed by atoms with E-state index in [0.717, 1.165) is 0 Å². The Hall–Kier alpha value is -2.45. The van der Waals surface area contributed by atoms with Crippen LogP contribution in [0.4, 0.5) is 0 Å². The molecule has 1 aliphatic rings. The minimum absolute atomic E-state index is 0. The van der Waals surface area contributed by atoms with E-state index in [0.29, 0.717) is 72.2 Å². The van der Waals surface area contributed by atoms with Crippen molar-refractivity contribution >= 4 is 58.1 Å². The predicted molar refractivity (Wildman–Crippen MR) is 257 cm³/mol. The standard InChI is InChI=1S/C33H58O12Si4.9CH4/c1-25(2)30(34)38-18-14-21-46(10)42-47(11,22-15-19-39-31(35)26(3)4)44-49(13,24-17-29(9)41-33(37)28(7)8)45-48(12,43-46)23-16-20-40-32(36)27(5)6;;;;;;;;;/h29H,1,3,5,7,14-24H2,2,4,6,8-13H3;9*1H4. The minimum Gasteiger partial charge on any atom is -0.462 e. The molecular formula is C42H94O12Si4. The van der Waals surface area contributed by atoms with E-state index in [1.54, 1.807) is 27.7 Å². The molecule has 0 saturated carbocycles. The lowest BCUT2D eigenvalue weighted by atomic mass is 10.3. The zero-order chi connectivity index (χ0) is 37.6. The topological polar surface area (TPSA) is 142 Å². The van der Waals surface area contributed by atoms with Crippen molar-refractivity contribution < 1.29 is 54.6 Å². The molecule has 3 unspecified atom stereocenters. The smallest absolute Gasteiger partial charge is 0.333 e. The zero-order valence-corrected chi connectivity index (χ0v) is 35.1. The van der Waals surface area contributed by atoms with Crippen LogP contribution in [0.15, 0.2) is 48.6 Å². The van der Waals surface area contributed by atoms with Crippen molar-refractivity contribution in [2.24, 2.45) is 0 Å². The normalized spacial score (nSPS) is 21.9. The molecule has 0 bridgehead atoms. The van der Waals surface area contributed by atoms with Crippen molar-refractivity contribution in [3.05, 3.63) is 48.6 Å². The lowest BCUT2D eigenvalue weighted by molar-refractivity contribution is -0.143. The average Bonchev–Trinajstić information content (AvgIpc) is 2.97. The minimum atomic E-state index is -3.10. The van der Waals surface area contributed by atoms with Gasteiger partial charge < -0.3 is 35.4 Å². The summed E-state index contributed by atoms with van der Waals surface area (Å²) in [7, 11) is -12.3. The van der Waals surface area contributed by atoms with Gasteiger partial charge >= 0.3 is 58.1 Å². The summed E-state index contributed by atoms with van der Waals surface area (Å²) >= 11 is 0. The van der Waals surface area contributed by atoms with Crippen LogP contribution >= 0.6 is 0 Å². The Morgan fingerprint density at radius 3 is 0.897 bits per heavy atom. The highest BCUT2D eigenvalue weighted by molar-refractivity contribution is 6.93. The summed E-state index contributed by atoms with van der Waals surface area (Å²) in [6, 6.07) is 1.97. The van der Waals surface area contributed by atoms with E-state index in [1.165, 1.54) is 0 Å². The Morgan fingerprint density at radius 2 is 0.672 bits per heavy atom. The maximum absolute atomic E-state index is 12.2. The van der Waals surface area contributed by atoms with E-state index in [9.17, 15) is 19.2 Å². The van der Waals surface area contributed by atoms with Crippen LogP contribution in [0.2, 0.25) is 50.4 Å². The summed E-state index contributed by atoms with van der Waals surface area (Å²) in [5, 5.41) is 0. The van der Waals surface area contributed by atoms with E-state index in [1.807, 2.05) is 33.1 Å². The highest BCUT2D eigenvalue weighted by Gasteiger charge is 2.56. The van der Waals surface area contributed by atoms with Crippen LogP contribution in [0.1, 0.15) is 127 Å². The quantitative estimate of drug-likeness (QED) is 0.0377.